The number of allylic oxidation sites excluding steroid dienone is 2. The minimum Gasteiger partial charge on any atom is -0.389 e. The molecule has 0 aromatic rings. The first-order valence-electron chi connectivity index (χ1n) is 6.49. The number of aliphatic hydroxyl groups is 1. The molecule has 1 N–H and O–H groups in total. The van der Waals surface area contributed by atoms with Crippen molar-refractivity contribution in [3.63, 3.8) is 0 Å². The normalized spacial score (nSPS) is 43.5. The molecule has 2 aliphatic rings. The molecule has 16 heavy (non-hydrogen) atoms. The molecule has 0 aromatic heterocycles. The van der Waals surface area contributed by atoms with Crippen LogP contribution in [0.4, 0.5) is 0 Å². The Bertz CT molecular complexity index is 328. The van der Waals surface area contributed by atoms with Crippen molar-refractivity contribution < 1.29 is 5.11 Å². The van der Waals surface area contributed by atoms with Gasteiger partial charge in [-0.1, -0.05) is 32.1 Å². The van der Waals surface area contributed by atoms with Crippen LogP contribution in [0.25, 0.3) is 0 Å². The summed E-state index contributed by atoms with van der Waals surface area (Å²) in [5, 5.41) is 10.1. The Hall–Kier alpha value is -0.560. The second-order valence-electron chi connectivity index (χ2n) is 6.05. The van der Waals surface area contributed by atoms with Crippen molar-refractivity contribution in [3.05, 3.63) is 23.8 Å². The molecule has 0 heterocycles. The molecule has 1 nitrogen and oxygen atoms in total. The van der Waals surface area contributed by atoms with Crippen LogP contribution in [0.1, 0.15) is 46.5 Å². The number of fused-ring (bicyclic) bond motifs is 1. The van der Waals surface area contributed by atoms with Crippen molar-refractivity contribution in [1.29, 1.82) is 0 Å². The van der Waals surface area contributed by atoms with Gasteiger partial charge in [0.15, 0.2) is 0 Å². The summed E-state index contributed by atoms with van der Waals surface area (Å²) in [6.45, 7) is 10.9. The van der Waals surface area contributed by atoms with Gasteiger partial charge >= 0.3 is 0 Å². The lowest BCUT2D eigenvalue weighted by Crippen LogP contribution is -2.42. The number of aliphatic hydroxyl groups excluding tert-OH is 1. The molecule has 0 radical (unpaired) electrons. The second-order valence-corrected chi connectivity index (χ2v) is 6.05. The molecule has 0 aliphatic heterocycles. The smallest absolute Gasteiger partial charge is 0.0755 e. The molecule has 1 fully saturated rings. The maximum atomic E-state index is 10.1. The zero-order valence-corrected chi connectivity index (χ0v) is 10.8. The third-order valence-electron chi connectivity index (χ3n) is 4.97. The van der Waals surface area contributed by atoms with E-state index in [2.05, 4.69) is 33.4 Å². The summed E-state index contributed by atoms with van der Waals surface area (Å²) in [4.78, 5) is 0. The van der Waals surface area contributed by atoms with Gasteiger partial charge in [0.1, 0.15) is 0 Å². The van der Waals surface area contributed by atoms with Gasteiger partial charge in [-0.15, -0.1) is 0 Å². The Morgan fingerprint density at radius 1 is 1.50 bits per heavy atom. The van der Waals surface area contributed by atoms with E-state index < -0.39 is 0 Å². The first-order valence-corrected chi connectivity index (χ1v) is 6.49. The Morgan fingerprint density at radius 3 is 2.81 bits per heavy atom. The highest BCUT2D eigenvalue weighted by Gasteiger charge is 2.44. The van der Waals surface area contributed by atoms with Crippen LogP contribution in [-0.4, -0.2) is 11.2 Å². The summed E-state index contributed by atoms with van der Waals surface area (Å²) in [6, 6.07) is 0. The topological polar surface area (TPSA) is 20.2 Å². The number of rotatable bonds is 1. The van der Waals surface area contributed by atoms with Gasteiger partial charge in [-0.05, 0) is 55.4 Å². The number of hydrogen-bond donors (Lipinski definition) is 1. The summed E-state index contributed by atoms with van der Waals surface area (Å²) in [7, 11) is 0. The first-order chi connectivity index (χ1) is 7.45. The van der Waals surface area contributed by atoms with Gasteiger partial charge in [-0.2, -0.15) is 0 Å². The van der Waals surface area contributed by atoms with Crippen LogP contribution >= 0.6 is 0 Å². The lowest BCUT2D eigenvalue weighted by Gasteiger charge is -2.49. The molecule has 0 saturated heterocycles. The summed E-state index contributed by atoms with van der Waals surface area (Å²) in [6.07, 6.45) is 6.45. The van der Waals surface area contributed by atoms with Crippen LogP contribution in [0.3, 0.4) is 0 Å². The standard InChI is InChI=1S/C15H24O/c1-10(2)12-6-7-13-14(16)8-5-11(3)15(13,4)9-12/h7,11-12,14,16H,1,5-6,8-9H2,2-4H3/t11-,12-,14+,15+/m1/s1. The summed E-state index contributed by atoms with van der Waals surface area (Å²) >= 11 is 0. The molecule has 2 aliphatic carbocycles. The average molecular weight is 220 g/mol. The van der Waals surface area contributed by atoms with Gasteiger partial charge in [0.05, 0.1) is 6.10 Å². The molecule has 0 spiro atoms. The van der Waals surface area contributed by atoms with Gasteiger partial charge in [0, 0.05) is 0 Å². The van der Waals surface area contributed by atoms with Gasteiger partial charge in [0.25, 0.3) is 0 Å². The van der Waals surface area contributed by atoms with E-state index in [1.54, 1.807) is 0 Å². The summed E-state index contributed by atoms with van der Waals surface area (Å²) in [5.74, 6) is 1.30. The largest absolute Gasteiger partial charge is 0.389 e. The first kappa shape index (κ1) is 11.9. The maximum absolute atomic E-state index is 10.1. The fourth-order valence-corrected chi connectivity index (χ4v) is 3.48. The summed E-state index contributed by atoms with van der Waals surface area (Å²) in [5.41, 5.74) is 2.81. The van der Waals surface area contributed by atoms with Crippen LogP contribution in [0.5, 0.6) is 0 Å². The molecule has 0 unspecified atom stereocenters. The van der Waals surface area contributed by atoms with E-state index in [0.717, 1.165) is 19.3 Å². The molecule has 1 saturated carbocycles. The summed E-state index contributed by atoms with van der Waals surface area (Å²) < 4.78 is 0. The minimum absolute atomic E-state index is 0.188. The molecule has 90 valence electrons. The van der Waals surface area contributed by atoms with E-state index in [9.17, 15) is 5.11 Å². The van der Waals surface area contributed by atoms with Crippen molar-refractivity contribution in [2.75, 3.05) is 0 Å². The maximum Gasteiger partial charge on any atom is 0.0755 e. The highest BCUT2D eigenvalue weighted by atomic mass is 16.3. The van der Waals surface area contributed by atoms with E-state index in [4.69, 9.17) is 0 Å². The molecular weight excluding hydrogens is 196 g/mol. The molecular formula is C15H24O. The zero-order chi connectivity index (χ0) is 11.9. The molecule has 1 heteroatoms. The third kappa shape index (κ3) is 1.75. The van der Waals surface area contributed by atoms with E-state index in [-0.39, 0.29) is 11.5 Å². The SMILES string of the molecule is C=C(C)[C@@H]1CC=C2[C@@H](O)CC[C@@H](C)[C@]2(C)C1. The van der Waals surface area contributed by atoms with Crippen molar-refractivity contribution >= 4 is 0 Å². The van der Waals surface area contributed by atoms with Gasteiger partial charge in [0.2, 0.25) is 0 Å². The predicted octanol–water partition coefficient (Wildman–Crippen LogP) is 3.70. The van der Waals surface area contributed by atoms with Crippen LogP contribution < -0.4 is 0 Å². The fraction of sp³-hybridized carbons (Fsp3) is 0.733. The zero-order valence-electron chi connectivity index (χ0n) is 10.8. The Balaban J connectivity index is 2.32. The Kier molecular flexibility index (Phi) is 3.00. The Morgan fingerprint density at radius 2 is 2.19 bits per heavy atom. The van der Waals surface area contributed by atoms with E-state index in [1.807, 2.05) is 0 Å². The molecule has 4 atom stereocenters. The highest BCUT2D eigenvalue weighted by Crippen LogP contribution is 2.52. The van der Waals surface area contributed by atoms with Crippen molar-refractivity contribution in [3.8, 4) is 0 Å². The van der Waals surface area contributed by atoms with Crippen LogP contribution in [0.15, 0.2) is 23.8 Å². The third-order valence-corrected chi connectivity index (χ3v) is 4.97. The monoisotopic (exact) mass is 220 g/mol. The lowest BCUT2D eigenvalue weighted by molar-refractivity contribution is 0.0658. The predicted molar refractivity (Wildman–Crippen MR) is 68.1 cm³/mol. The van der Waals surface area contributed by atoms with Gasteiger partial charge < -0.3 is 5.11 Å². The number of hydrogen-bond acceptors (Lipinski definition) is 1. The molecule has 0 aromatic carbocycles. The second kappa shape index (κ2) is 4.03. The lowest BCUT2D eigenvalue weighted by atomic mass is 9.57. The van der Waals surface area contributed by atoms with E-state index >= 15 is 0 Å². The molecule has 2 rings (SSSR count). The van der Waals surface area contributed by atoms with Gasteiger partial charge in [-0.25, -0.2) is 0 Å². The van der Waals surface area contributed by atoms with Crippen molar-refractivity contribution in [1.82, 2.24) is 0 Å². The van der Waals surface area contributed by atoms with Crippen LogP contribution in [-0.2, 0) is 0 Å². The van der Waals surface area contributed by atoms with E-state index in [1.165, 1.54) is 17.6 Å². The average Bonchev–Trinajstić information content (AvgIpc) is 2.23. The fourth-order valence-electron chi connectivity index (χ4n) is 3.48. The quantitative estimate of drug-likeness (QED) is 0.668. The van der Waals surface area contributed by atoms with E-state index in [0.29, 0.717) is 11.8 Å². The highest BCUT2D eigenvalue weighted by molar-refractivity contribution is 5.27. The van der Waals surface area contributed by atoms with Gasteiger partial charge in [-0.3, -0.25) is 0 Å². The van der Waals surface area contributed by atoms with Crippen molar-refractivity contribution in [2.45, 2.75) is 52.6 Å². The van der Waals surface area contributed by atoms with Crippen molar-refractivity contribution in [2.24, 2.45) is 17.3 Å². The molecule has 0 amide bonds. The van der Waals surface area contributed by atoms with Crippen LogP contribution in [0, 0.1) is 17.3 Å². The minimum atomic E-state index is -0.188. The van der Waals surface area contributed by atoms with Crippen LogP contribution in [0.2, 0.25) is 0 Å². The molecule has 0 bridgehead atoms. The Labute approximate surface area is 99.3 Å².